The van der Waals surface area contributed by atoms with E-state index in [-0.39, 0.29) is 11.9 Å². The molecule has 90 valence electrons. The molecular formula is C14H18N2O. The fraction of sp³-hybridized carbons (Fsp3) is 0.500. The molecule has 2 N–H and O–H groups in total. The van der Waals surface area contributed by atoms with Gasteiger partial charge in [0.15, 0.2) is 0 Å². The Morgan fingerprint density at radius 1 is 1.00 bits per heavy atom. The summed E-state index contributed by atoms with van der Waals surface area (Å²) in [5.41, 5.74) is 1.06. The van der Waals surface area contributed by atoms with Gasteiger partial charge in [-0.1, -0.05) is 43.2 Å². The van der Waals surface area contributed by atoms with E-state index in [9.17, 15) is 4.79 Å². The zero-order valence-electron chi connectivity index (χ0n) is 9.86. The molecule has 1 saturated carbocycles. The van der Waals surface area contributed by atoms with E-state index in [1.54, 1.807) is 0 Å². The Bertz CT molecular complexity index is 404. The van der Waals surface area contributed by atoms with Crippen LogP contribution in [0.3, 0.4) is 0 Å². The van der Waals surface area contributed by atoms with E-state index < -0.39 is 0 Å². The Morgan fingerprint density at radius 3 is 2.47 bits per heavy atom. The zero-order valence-corrected chi connectivity index (χ0v) is 9.86. The van der Waals surface area contributed by atoms with Crippen LogP contribution in [0, 0.1) is 0 Å². The predicted molar refractivity (Wildman–Crippen MR) is 66.5 cm³/mol. The minimum atomic E-state index is -0.171. The van der Waals surface area contributed by atoms with Crippen molar-refractivity contribution in [2.75, 3.05) is 0 Å². The first kappa shape index (κ1) is 10.8. The molecule has 0 spiro atoms. The summed E-state index contributed by atoms with van der Waals surface area (Å²) < 4.78 is 0. The number of carbonyl (C=O) groups is 1. The highest BCUT2D eigenvalue weighted by atomic mass is 16.2. The maximum Gasteiger partial charge on any atom is 0.242 e. The van der Waals surface area contributed by atoms with Gasteiger partial charge in [-0.15, -0.1) is 0 Å². The first-order valence-corrected chi connectivity index (χ1v) is 6.46. The molecule has 3 unspecified atom stereocenters. The maximum absolute atomic E-state index is 12.1. The van der Waals surface area contributed by atoms with Crippen LogP contribution in [0.25, 0.3) is 0 Å². The summed E-state index contributed by atoms with van der Waals surface area (Å²) in [7, 11) is 0. The summed E-state index contributed by atoms with van der Waals surface area (Å²) in [6.45, 7) is 0. The van der Waals surface area contributed by atoms with Gasteiger partial charge in [-0.3, -0.25) is 10.1 Å². The highest BCUT2D eigenvalue weighted by Crippen LogP contribution is 2.26. The van der Waals surface area contributed by atoms with Gasteiger partial charge in [-0.25, -0.2) is 0 Å². The normalized spacial score (nSPS) is 32.7. The third kappa shape index (κ3) is 2.07. The van der Waals surface area contributed by atoms with E-state index in [1.807, 2.05) is 30.3 Å². The van der Waals surface area contributed by atoms with Gasteiger partial charge in [0.05, 0.1) is 0 Å². The van der Waals surface area contributed by atoms with Crippen molar-refractivity contribution >= 4 is 5.91 Å². The molecule has 1 saturated heterocycles. The van der Waals surface area contributed by atoms with Crippen molar-refractivity contribution in [1.82, 2.24) is 10.6 Å². The van der Waals surface area contributed by atoms with Crippen molar-refractivity contribution in [3.8, 4) is 0 Å². The Balaban J connectivity index is 1.80. The number of hydrogen-bond acceptors (Lipinski definition) is 2. The van der Waals surface area contributed by atoms with E-state index in [4.69, 9.17) is 0 Å². The molecule has 0 bridgehead atoms. The Morgan fingerprint density at radius 2 is 1.71 bits per heavy atom. The second kappa shape index (κ2) is 4.49. The predicted octanol–water partition coefficient (Wildman–Crippen LogP) is 1.76. The van der Waals surface area contributed by atoms with Crippen LogP contribution in [0.4, 0.5) is 0 Å². The van der Waals surface area contributed by atoms with Gasteiger partial charge in [0.1, 0.15) is 6.04 Å². The molecule has 0 aromatic heterocycles. The summed E-state index contributed by atoms with van der Waals surface area (Å²) in [5, 5.41) is 6.67. The van der Waals surface area contributed by atoms with Crippen LogP contribution < -0.4 is 10.6 Å². The average molecular weight is 230 g/mol. The molecular weight excluding hydrogens is 212 g/mol. The molecule has 1 aromatic carbocycles. The number of carbonyl (C=O) groups excluding carboxylic acids is 1. The topological polar surface area (TPSA) is 41.1 Å². The second-order valence-corrected chi connectivity index (χ2v) is 5.02. The molecule has 1 amide bonds. The second-order valence-electron chi connectivity index (χ2n) is 5.02. The summed E-state index contributed by atoms with van der Waals surface area (Å²) in [6.07, 6.45) is 4.80. The van der Waals surface area contributed by atoms with Crippen LogP contribution in [-0.2, 0) is 4.79 Å². The van der Waals surface area contributed by atoms with Crippen LogP contribution in [0.2, 0.25) is 0 Å². The minimum absolute atomic E-state index is 0.124. The molecule has 3 atom stereocenters. The van der Waals surface area contributed by atoms with Crippen LogP contribution in [-0.4, -0.2) is 18.0 Å². The van der Waals surface area contributed by atoms with Crippen LogP contribution in [0.5, 0.6) is 0 Å². The summed E-state index contributed by atoms with van der Waals surface area (Å²) in [4.78, 5) is 12.1. The first-order valence-electron chi connectivity index (χ1n) is 6.46. The lowest BCUT2D eigenvalue weighted by Crippen LogP contribution is -2.61. The van der Waals surface area contributed by atoms with Crippen molar-refractivity contribution in [1.29, 1.82) is 0 Å². The minimum Gasteiger partial charge on any atom is -0.350 e. The van der Waals surface area contributed by atoms with Gasteiger partial charge in [0.25, 0.3) is 0 Å². The monoisotopic (exact) mass is 230 g/mol. The lowest BCUT2D eigenvalue weighted by molar-refractivity contribution is -0.127. The Kier molecular flexibility index (Phi) is 2.85. The number of benzene rings is 1. The van der Waals surface area contributed by atoms with E-state index in [0.29, 0.717) is 12.1 Å². The molecule has 3 nitrogen and oxygen atoms in total. The van der Waals surface area contributed by atoms with Crippen molar-refractivity contribution in [3.05, 3.63) is 35.9 Å². The number of fused-ring (bicyclic) bond motifs is 1. The quantitative estimate of drug-likeness (QED) is 0.772. The fourth-order valence-electron chi connectivity index (χ4n) is 2.95. The van der Waals surface area contributed by atoms with Crippen LogP contribution >= 0.6 is 0 Å². The van der Waals surface area contributed by atoms with Gasteiger partial charge >= 0.3 is 0 Å². The Labute approximate surface area is 102 Å². The largest absolute Gasteiger partial charge is 0.350 e. The van der Waals surface area contributed by atoms with Gasteiger partial charge in [-0.05, 0) is 18.4 Å². The highest BCUT2D eigenvalue weighted by molar-refractivity contribution is 5.84. The molecule has 1 heterocycles. The molecule has 3 heteroatoms. The van der Waals surface area contributed by atoms with Gasteiger partial charge in [-0.2, -0.15) is 0 Å². The molecule has 1 aromatic rings. The average Bonchev–Trinajstić information content (AvgIpc) is 2.39. The number of rotatable bonds is 1. The molecule has 0 radical (unpaired) electrons. The smallest absolute Gasteiger partial charge is 0.242 e. The van der Waals surface area contributed by atoms with Gasteiger partial charge in [0, 0.05) is 12.1 Å². The lowest BCUT2D eigenvalue weighted by atomic mass is 9.86. The van der Waals surface area contributed by atoms with Crippen LogP contribution in [0.15, 0.2) is 30.3 Å². The molecule has 3 rings (SSSR count). The fourth-order valence-corrected chi connectivity index (χ4v) is 2.95. The van der Waals surface area contributed by atoms with Crippen molar-refractivity contribution < 1.29 is 4.79 Å². The van der Waals surface area contributed by atoms with Crippen molar-refractivity contribution in [3.63, 3.8) is 0 Å². The molecule has 17 heavy (non-hydrogen) atoms. The van der Waals surface area contributed by atoms with E-state index in [0.717, 1.165) is 12.0 Å². The number of piperazine rings is 1. The van der Waals surface area contributed by atoms with E-state index in [2.05, 4.69) is 10.6 Å². The van der Waals surface area contributed by atoms with E-state index in [1.165, 1.54) is 19.3 Å². The van der Waals surface area contributed by atoms with E-state index >= 15 is 0 Å². The SMILES string of the molecule is O=C1NC2CCCCC2NC1c1ccccc1. The van der Waals surface area contributed by atoms with Crippen LogP contribution in [0.1, 0.15) is 37.3 Å². The van der Waals surface area contributed by atoms with Gasteiger partial charge < -0.3 is 5.32 Å². The summed E-state index contributed by atoms with van der Waals surface area (Å²) in [5.74, 6) is 0.124. The summed E-state index contributed by atoms with van der Waals surface area (Å²) in [6, 6.07) is 10.6. The number of nitrogens with one attached hydrogen (secondary N) is 2. The van der Waals surface area contributed by atoms with Crippen molar-refractivity contribution in [2.45, 2.75) is 43.8 Å². The maximum atomic E-state index is 12.1. The lowest BCUT2D eigenvalue weighted by Gasteiger charge is -2.40. The molecule has 2 aliphatic rings. The molecule has 1 aliphatic carbocycles. The molecule has 2 fully saturated rings. The number of hydrogen-bond donors (Lipinski definition) is 2. The zero-order chi connectivity index (χ0) is 11.7. The number of amides is 1. The third-order valence-electron chi connectivity index (χ3n) is 3.87. The highest BCUT2D eigenvalue weighted by Gasteiger charge is 2.36. The van der Waals surface area contributed by atoms with Gasteiger partial charge in [0.2, 0.25) is 5.91 Å². The molecule has 1 aliphatic heterocycles. The third-order valence-corrected chi connectivity index (χ3v) is 3.87. The first-order chi connectivity index (χ1) is 8.34. The standard InChI is InChI=1S/C14H18N2O/c17-14-13(10-6-2-1-3-7-10)15-11-8-4-5-9-12(11)16-14/h1-3,6-7,11-13,15H,4-5,8-9H2,(H,16,17). The van der Waals surface area contributed by atoms with Crippen molar-refractivity contribution in [2.24, 2.45) is 0 Å². The summed E-state index contributed by atoms with van der Waals surface area (Å²) >= 11 is 0. The Hall–Kier alpha value is -1.35.